The number of rotatable bonds is 5. The van der Waals surface area contributed by atoms with E-state index in [1.807, 2.05) is 24.3 Å². The SMILES string of the molecule is O=S(=O)(Nc1ccc(Cl)c(-c2ncc3ccccc3n2)c1)c1ccc(N2COCCS2(=O)=O)cc1Cl. The lowest BCUT2D eigenvalue weighted by atomic mass is 10.1. The molecule has 13 heteroatoms. The number of aromatic nitrogens is 2. The van der Waals surface area contributed by atoms with E-state index < -0.39 is 20.0 Å². The second kappa shape index (κ2) is 9.49. The second-order valence-electron chi connectivity index (χ2n) is 7.87. The topological polar surface area (TPSA) is 119 Å². The summed E-state index contributed by atoms with van der Waals surface area (Å²) in [6.07, 6.45) is 1.67. The summed E-state index contributed by atoms with van der Waals surface area (Å²) in [5, 5.41) is 1.06. The Bertz CT molecular complexity index is 1700. The monoisotopic (exact) mass is 564 g/mol. The van der Waals surface area contributed by atoms with Crippen molar-refractivity contribution in [2.75, 3.05) is 28.1 Å². The lowest BCUT2D eigenvalue weighted by Gasteiger charge is -2.28. The standard InChI is InChI=1S/C23H18Cl2N4O5S2/c24-19-7-5-16(11-18(19)23-26-13-15-3-1-2-4-21(15)27-23)28-36(32,33)22-8-6-17(12-20(22)25)29-14-34-9-10-35(29,30)31/h1-8,11-13,28H,9-10,14H2. The lowest BCUT2D eigenvalue weighted by Crippen LogP contribution is -2.41. The van der Waals surface area contributed by atoms with Crippen LogP contribution in [-0.2, 0) is 24.8 Å². The minimum Gasteiger partial charge on any atom is -0.359 e. The zero-order chi connectivity index (χ0) is 25.5. The van der Waals surface area contributed by atoms with Gasteiger partial charge in [-0.25, -0.2) is 31.1 Å². The van der Waals surface area contributed by atoms with E-state index in [9.17, 15) is 16.8 Å². The molecule has 3 aromatic carbocycles. The Hall–Kier alpha value is -2.96. The highest BCUT2D eigenvalue weighted by molar-refractivity contribution is 7.93. The van der Waals surface area contributed by atoms with Crippen molar-refractivity contribution < 1.29 is 21.6 Å². The molecular weight excluding hydrogens is 547 g/mol. The molecule has 1 N–H and O–H groups in total. The number of sulfonamides is 2. The van der Waals surface area contributed by atoms with Gasteiger partial charge in [0.05, 0.1) is 33.6 Å². The summed E-state index contributed by atoms with van der Waals surface area (Å²) >= 11 is 12.6. The molecule has 0 saturated carbocycles. The summed E-state index contributed by atoms with van der Waals surface area (Å²) in [6.45, 7) is -0.0797. The Morgan fingerprint density at radius 2 is 1.81 bits per heavy atom. The Morgan fingerprint density at radius 1 is 1.00 bits per heavy atom. The highest BCUT2D eigenvalue weighted by Gasteiger charge is 2.28. The van der Waals surface area contributed by atoms with Crippen LogP contribution in [0.2, 0.25) is 10.0 Å². The van der Waals surface area contributed by atoms with Crippen molar-refractivity contribution in [2.24, 2.45) is 0 Å². The van der Waals surface area contributed by atoms with Gasteiger partial charge >= 0.3 is 0 Å². The molecule has 9 nitrogen and oxygen atoms in total. The third-order valence-electron chi connectivity index (χ3n) is 5.47. The fraction of sp³-hybridized carbons (Fsp3) is 0.130. The van der Waals surface area contributed by atoms with Gasteiger partial charge in [0, 0.05) is 22.8 Å². The van der Waals surface area contributed by atoms with Crippen LogP contribution in [0.3, 0.4) is 0 Å². The first kappa shape index (κ1) is 24.7. The molecule has 0 atom stereocenters. The summed E-state index contributed by atoms with van der Waals surface area (Å²) in [5.74, 6) is 0.165. The molecule has 5 rings (SSSR count). The molecule has 186 valence electrons. The van der Waals surface area contributed by atoms with Crippen molar-refractivity contribution >= 4 is 65.5 Å². The first-order valence-corrected chi connectivity index (χ1v) is 14.4. The number of halogens is 2. The third kappa shape index (κ3) is 4.84. The number of nitrogens with zero attached hydrogens (tertiary/aromatic N) is 3. The first-order valence-electron chi connectivity index (χ1n) is 10.6. The van der Waals surface area contributed by atoms with E-state index in [0.717, 1.165) is 15.2 Å². The minimum absolute atomic E-state index is 0.0935. The van der Waals surface area contributed by atoms with Crippen molar-refractivity contribution in [1.82, 2.24) is 9.97 Å². The predicted octanol–water partition coefficient (Wildman–Crippen LogP) is 4.53. The average molecular weight is 565 g/mol. The van der Waals surface area contributed by atoms with Crippen molar-refractivity contribution in [3.05, 3.63) is 76.9 Å². The molecule has 0 unspecified atom stereocenters. The zero-order valence-electron chi connectivity index (χ0n) is 18.4. The van der Waals surface area contributed by atoms with E-state index in [1.54, 1.807) is 12.3 Å². The summed E-state index contributed by atoms with van der Waals surface area (Å²) < 4.78 is 59.6. The fourth-order valence-electron chi connectivity index (χ4n) is 3.67. The van der Waals surface area contributed by atoms with Crippen LogP contribution in [-0.4, -0.2) is 45.9 Å². The van der Waals surface area contributed by atoms with Crippen LogP contribution in [0.15, 0.2) is 71.8 Å². The van der Waals surface area contributed by atoms with E-state index in [4.69, 9.17) is 27.9 Å². The molecule has 0 radical (unpaired) electrons. The molecule has 4 aromatic rings. The van der Waals surface area contributed by atoms with Gasteiger partial charge < -0.3 is 4.74 Å². The van der Waals surface area contributed by atoms with Crippen LogP contribution >= 0.6 is 23.2 Å². The normalized spacial score (nSPS) is 15.7. The highest BCUT2D eigenvalue weighted by Crippen LogP contribution is 2.33. The van der Waals surface area contributed by atoms with Gasteiger partial charge in [0.1, 0.15) is 11.6 Å². The molecule has 0 aliphatic carbocycles. The minimum atomic E-state index is -4.13. The summed E-state index contributed by atoms with van der Waals surface area (Å²) in [4.78, 5) is 8.66. The van der Waals surface area contributed by atoms with E-state index in [0.29, 0.717) is 16.4 Å². The van der Waals surface area contributed by atoms with Crippen LogP contribution < -0.4 is 9.03 Å². The van der Waals surface area contributed by atoms with Gasteiger partial charge in [-0.3, -0.25) is 4.72 Å². The smallest absolute Gasteiger partial charge is 0.263 e. The highest BCUT2D eigenvalue weighted by atomic mass is 35.5. The van der Waals surface area contributed by atoms with E-state index >= 15 is 0 Å². The number of hydrogen-bond donors (Lipinski definition) is 1. The van der Waals surface area contributed by atoms with Gasteiger partial charge in [0.25, 0.3) is 10.0 Å². The largest absolute Gasteiger partial charge is 0.359 e. The van der Waals surface area contributed by atoms with Crippen molar-refractivity contribution in [1.29, 1.82) is 0 Å². The molecule has 2 heterocycles. The number of hydrogen-bond acceptors (Lipinski definition) is 7. The lowest BCUT2D eigenvalue weighted by molar-refractivity contribution is 0.149. The molecule has 1 aliphatic heterocycles. The molecular formula is C23H18Cl2N4O5S2. The van der Waals surface area contributed by atoms with E-state index in [-0.39, 0.29) is 40.4 Å². The van der Waals surface area contributed by atoms with E-state index in [1.165, 1.54) is 30.3 Å². The third-order valence-corrected chi connectivity index (χ3v) is 9.34. The van der Waals surface area contributed by atoms with Crippen LogP contribution in [0, 0.1) is 0 Å². The zero-order valence-corrected chi connectivity index (χ0v) is 21.6. The predicted molar refractivity (Wildman–Crippen MR) is 139 cm³/mol. The van der Waals surface area contributed by atoms with Crippen molar-refractivity contribution in [3.8, 4) is 11.4 Å². The molecule has 36 heavy (non-hydrogen) atoms. The molecule has 0 spiro atoms. The Labute approximate surface area is 217 Å². The van der Waals surface area contributed by atoms with Gasteiger partial charge in [-0.2, -0.15) is 0 Å². The second-order valence-corrected chi connectivity index (χ2v) is 12.3. The molecule has 1 saturated heterocycles. The molecule has 1 aliphatic rings. The van der Waals surface area contributed by atoms with Crippen LogP contribution in [0.5, 0.6) is 0 Å². The Balaban J connectivity index is 1.45. The maximum Gasteiger partial charge on any atom is 0.263 e. The molecule has 1 fully saturated rings. The number of para-hydroxylation sites is 1. The maximum absolute atomic E-state index is 13.1. The summed E-state index contributed by atoms with van der Waals surface area (Å²) in [5.41, 5.74) is 1.59. The van der Waals surface area contributed by atoms with Crippen LogP contribution in [0.25, 0.3) is 22.3 Å². The molecule has 0 amide bonds. The molecule has 1 aromatic heterocycles. The van der Waals surface area contributed by atoms with Gasteiger partial charge in [-0.05, 0) is 42.5 Å². The summed E-state index contributed by atoms with van der Waals surface area (Å²) in [7, 11) is -7.71. The van der Waals surface area contributed by atoms with Crippen molar-refractivity contribution in [2.45, 2.75) is 4.90 Å². The van der Waals surface area contributed by atoms with E-state index in [2.05, 4.69) is 14.7 Å². The number of fused-ring (bicyclic) bond motifs is 1. The summed E-state index contributed by atoms with van der Waals surface area (Å²) in [6, 6.07) is 15.9. The number of benzene rings is 3. The number of nitrogens with one attached hydrogen (secondary N) is 1. The quantitative estimate of drug-likeness (QED) is 0.378. The van der Waals surface area contributed by atoms with Crippen molar-refractivity contribution in [3.63, 3.8) is 0 Å². The Kier molecular flexibility index (Phi) is 6.52. The van der Waals surface area contributed by atoms with Gasteiger partial charge in [-0.15, -0.1) is 0 Å². The van der Waals surface area contributed by atoms with Gasteiger partial charge in [0.2, 0.25) is 10.0 Å². The number of ether oxygens (including phenoxy) is 1. The average Bonchev–Trinajstić information content (AvgIpc) is 2.84. The maximum atomic E-state index is 13.1. The fourth-order valence-corrected chi connectivity index (χ4v) is 6.68. The Morgan fingerprint density at radius 3 is 2.58 bits per heavy atom. The van der Waals surface area contributed by atoms with Crippen LogP contribution in [0.4, 0.5) is 11.4 Å². The number of anilines is 2. The van der Waals surface area contributed by atoms with Gasteiger partial charge in [0.15, 0.2) is 5.82 Å². The van der Waals surface area contributed by atoms with Gasteiger partial charge in [-0.1, -0.05) is 41.4 Å². The van der Waals surface area contributed by atoms with Crippen LogP contribution in [0.1, 0.15) is 0 Å². The first-order chi connectivity index (χ1) is 17.1. The molecule has 0 bridgehead atoms.